The normalized spacial score (nSPS) is 8.29. The number of hydrogen-bond donors (Lipinski definition) is 6. The van der Waals surface area contributed by atoms with Crippen LogP contribution in [0.25, 0.3) is 0 Å². The van der Waals surface area contributed by atoms with Gasteiger partial charge in [-0.3, -0.25) is 14.4 Å². The van der Waals surface area contributed by atoms with E-state index in [9.17, 15) is 9.59 Å². The molecule has 0 aliphatic rings. The van der Waals surface area contributed by atoms with Gasteiger partial charge in [-0.25, -0.2) is 4.79 Å². The standard InChI is InChI=1S/C4H6O5.C2H4O2.CH2O2.HNO3.H2O/c5-2(4(8)9)1-3(6)7;1-2(3)4;2-1-3;2-1(3)4;/h2,5H,1H2,(H,6,7)(H,8,9);1H3,(H,3,4);1H,(H,2,3);(H,2,3,4);1H2. The monoisotopic (exact) mass is 321 g/mol. The van der Waals surface area contributed by atoms with E-state index in [0.29, 0.717) is 0 Å². The fourth-order valence-corrected chi connectivity index (χ4v) is 0.253. The van der Waals surface area contributed by atoms with Crippen molar-refractivity contribution in [3.63, 3.8) is 0 Å². The molecule has 0 saturated heterocycles. The molecule has 1 unspecified atom stereocenters. The molecule has 8 N–H and O–H groups in total. The average Bonchev–Trinajstić information content (AvgIpc) is 2.15. The van der Waals surface area contributed by atoms with Crippen molar-refractivity contribution in [3.8, 4) is 0 Å². The first-order valence-electron chi connectivity index (χ1n) is 4.15. The Labute approximate surface area is 115 Å². The first-order chi connectivity index (χ1) is 8.91. The fraction of sp³-hybridized carbons (Fsp3) is 0.429. The highest BCUT2D eigenvalue weighted by atomic mass is 16.9. The topological polar surface area (TPSA) is 264 Å². The average molecular weight is 321 g/mol. The van der Waals surface area contributed by atoms with Crippen LogP contribution in [0.2, 0.25) is 0 Å². The van der Waals surface area contributed by atoms with Gasteiger partial charge in [0, 0.05) is 6.92 Å². The lowest BCUT2D eigenvalue weighted by atomic mass is 10.3. The second-order valence-electron chi connectivity index (χ2n) is 2.31. The largest absolute Gasteiger partial charge is 0.483 e. The Kier molecular flexibility index (Phi) is 32.5. The van der Waals surface area contributed by atoms with E-state index in [4.69, 9.17) is 50.4 Å². The molecule has 0 aliphatic heterocycles. The molecule has 21 heavy (non-hydrogen) atoms. The number of carbonyl (C=O) groups is 4. The lowest BCUT2D eigenvalue weighted by molar-refractivity contribution is -0.742. The van der Waals surface area contributed by atoms with Crippen molar-refractivity contribution < 1.29 is 60.5 Å². The van der Waals surface area contributed by atoms with Gasteiger partial charge in [0.1, 0.15) is 0 Å². The van der Waals surface area contributed by atoms with Crippen LogP contribution in [0.1, 0.15) is 13.3 Å². The maximum atomic E-state index is 9.72. The Balaban J connectivity index is -0.0000000603. The number of rotatable bonds is 3. The maximum absolute atomic E-state index is 9.72. The Hall–Kier alpha value is -3.00. The van der Waals surface area contributed by atoms with E-state index in [1.165, 1.54) is 0 Å². The Morgan fingerprint density at radius 3 is 1.48 bits per heavy atom. The third kappa shape index (κ3) is 153. The number of carboxylic acids is 3. The summed E-state index contributed by atoms with van der Waals surface area (Å²) >= 11 is 0. The lowest BCUT2D eigenvalue weighted by Gasteiger charge is -1.97. The highest BCUT2D eigenvalue weighted by Crippen LogP contribution is 1.89. The van der Waals surface area contributed by atoms with Crippen LogP contribution in [0.3, 0.4) is 0 Å². The first-order valence-corrected chi connectivity index (χ1v) is 4.15. The molecule has 0 spiro atoms. The smallest absolute Gasteiger partial charge is 0.333 e. The van der Waals surface area contributed by atoms with Crippen molar-refractivity contribution in [2.24, 2.45) is 0 Å². The summed E-state index contributed by atoms with van der Waals surface area (Å²) in [6, 6.07) is 0. The molecule has 1 atom stereocenters. The van der Waals surface area contributed by atoms with Gasteiger partial charge >= 0.3 is 11.9 Å². The molecule has 0 saturated carbocycles. The number of nitrogens with zero attached hydrogens (tertiary/aromatic N) is 1. The van der Waals surface area contributed by atoms with Gasteiger partial charge in [0.2, 0.25) is 0 Å². The van der Waals surface area contributed by atoms with Gasteiger partial charge in [0.05, 0.1) is 6.42 Å². The molecular weight excluding hydrogens is 306 g/mol. The van der Waals surface area contributed by atoms with Crippen molar-refractivity contribution in [1.82, 2.24) is 0 Å². The molecule has 14 heteroatoms. The minimum atomic E-state index is -1.79. The van der Waals surface area contributed by atoms with E-state index in [1.54, 1.807) is 0 Å². The summed E-state index contributed by atoms with van der Waals surface area (Å²) in [6.07, 6.45) is -2.54. The van der Waals surface area contributed by atoms with Crippen LogP contribution in [-0.4, -0.2) is 71.8 Å². The molecular formula is C7H15NO13. The second kappa shape index (κ2) is 22.2. The Bertz CT molecular complexity index is 294. The van der Waals surface area contributed by atoms with Crippen molar-refractivity contribution in [2.45, 2.75) is 19.4 Å². The summed E-state index contributed by atoms with van der Waals surface area (Å²) in [5, 5.41) is 52.1. The van der Waals surface area contributed by atoms with Gasteiger partial charge in [-0.1, -0.05) is 0 Å². The van der Waals surface area contributed by atoms with Gasteiger partial charge < -0.3 is 36.2 Å². The van der Waals surface area contributed by atoms with Crippen LogP contribution in [-0.2, 0) is 19.2 Å². The van der Waals surface area contributed by atoms with Gasteiger partial charge in [-0.2, -0.15) is 0 Å². The molecule has 0 aliphatic carbocycles. The quantitative estimate of drug-likeness (QED) is 0.179. The summed E-state index contributed by atoms with van der Waals surface area (Å²) in [4.78, 5) is 45.1. The minimum absolute atomic E-state index is 0. The number of aliphatic carboxylic acids is 3. The summed E-state index contributed by atoms with van der Waals surface area (Å²) in [5.74, 6) is -3.68. The van der Waals surface area contributed by atoms with Gasteiger partial charge in [-0.05, 0) is 0 Å². The molecule has 0 radical (unpaired) electrons. The second-order valence-corrected chi connectivity index (χ2v) is 2.31. The molecule has 0 aromatic carbocycles. The third-order valence-corrected chi connectivity index (χ3v) is 0.653. The zero-order valence-electron chi connectivity index (χ0n) is 10.4. The van der Waals surface area contributed by atoms with Crippen LogP contribution in [0.15, 0.2) is 0 Å². The summed E-state index contributed by atoms with van der Waals surface area (Å²) in [5.41, 5.74) is 0. The van der Waals surface area contributed by atoms with E-state index in [0.717, 1.165) is 6.92 Å². The van der Waals surface area contributed by atoms with Crippen molar-refractivity contribution in [3.05, 3.63) is 10.1 Å². The minimum Gasteiger partial charge on any atom is -0.483 e. The molecule has 0 aromatic heterocycles. The fourth-order valence-electron chi connectivity index (χ4n) is 0.253. The molecule has 0 bridgehead atoms. The summed E-state index contributed by atoms with van der Waals surface area (Å²) < 4.78 is 0. The predicted octanol–water partition coefficient (Wildman–Crippen LogP) is -2.47. The predicted molar refractivity (Wildman–Crippen MR) is 60.3 cm³/mol. The van der Waals surface area contributed by atoms with Gasteiger partial charge in [-0.15, -0.1) is 10.1 Å². The SMILES string of the molecule is CC(=O)O.O.O=C(O)CC(O)C(=O)O.O=CO.O=[N+]([O-])O. The van der Waals surface area contributed by atoms with E-state index >= 15 is 0 Å². The highest BCUT2D eigenvalue weighted by Gasteiger charge is 2.16. The number of hydrogen-bond acceptors (Lipinski definition) is 7. The Morgan fingerprint density at radius 1 is 1.24 bits per heavy atom. The Morgan fingerprint density at radius 2 is 1.43 bits per heavy atom. The molecule has 14 nitrogen and oxygen atoms in total. The lowest BCUT2D eigenvalue weighted by Crippen LogP contribution is -2.22. The molecule has 0 heterocycles. The summed E-state index contributed by atoms with van der Waals surface area (Å²) in [7, 11) is 0. The molecule has 0 rings (SSSR count). The van der Waals surface area contributed by atoms with E-state index in [1.807, 2.05) is 0 Å². The summed E-state index contributed by atoms with van der Waals surface area (Å²) in [6.45, 7) is 0.833. The van der Waals surface area contributed by atoms with Crippen LogP contribution in [0.5, 0.6) is 0 Å². The number of carboxylic acid groups (broad SMARTS) is 4. The van der Waals surface area contributed by atoms with E-state index in [-0.39, 0.29) is 11.9 Å². The highest BCUT2D eigenvalue weighted by molar-refractivity contribution is 5.79. The van der Waals surface area contributed by atoms with Crippen LogP contribution < -0.4 is 0 Å². The van der Waals surface area contributed by atoms with Crippen molar-refractivity contribution >= 4 is 24.4 Å². The third-order valence-electron chi connectivity index (χ3n) is 0.653. The number of aliphatic hydroxyl groups excluding tert-OH is 1. The van der Waals surface area contributed by atoms with Gasteiger partial charge in [0.25, 0.3) is 17.5 Å². The first kappa shape index (κ1) is 30.8. The molecule has 126 valence electrons. The van der Waals surface area contributed by atoms with Crippen LogP contribution in [0.4, 0.5) is 0 Å². The maximum Gasteiger partial charge on any atom is 0.333 e. The number of aliphatic hydroxyl groups is 1. The van der Waals surface area contributed by atoms with Gasteiger partial charge in [0.15, 0.2) is 6.10 Å². The van der Waals surface area contributed by atoms with Crippen LogP contribution in [0, 0.1) is 10.1 Å². The van der Waals surface area contributed by atoms with Crippen molar-refractivity contribution in [2.75, 3.05) is 0 Å². The molecule has 0 amide bonds. The van der Waals surface area contributed by atoms with Crippen LogP contribution >= 0.6 is 0 Å². The van der Waals surface area contributed by atoms with Crippen molar-refractivity contribution in [1.29, 1.82) is 0 Å². The molecule has 0 fully saturated rings. The van der Waals surface area contributed by atoms with E-state index < -0.39 is 35.5 Å². The zero-order chi connectivity index (χ0) is 17.3. The van der Waals surface area contributed by atoms with E-state index in [2.05, 4.69) is 0 Å². The molecule has 0 aromatic rings. The zero-order valence-corrected chi connectivity index (χ0v) is 10.4.